The molecule has 146 valence electrons. The molecular formula is C18H23IN4O4. The van der Waals surface area contributed by atoms with Crippen molar-refractivity contribution in [3.05, 3.63) is 54.2 Å². The molecule has 0 unspecified atom stereocenters. The Labute approximate surface area is 170 Å². The third-order valence-corrected chi connectivity index (χ3v) is 4.84. The number of carbonyl (C=O) groups is 1. The summed E-state index contributed by atoms with van der Waals surface area (Å²) < 4.78 is 7.12. The van der Waals surface area contributed by atoms with E-state index in [0.29, 0.717) is 12.1 Å². The van der Waals surface area contributed by atoms with E-state index >= 15 is 0 Å². The first-order chi connectivity index (χ1) is 12.8. The minimum Gasteiger partial charge on any atom is -0.383 e. The number of H-pyrrole nitrogens is 1. The van der Waals surface area contributed by atoms with E-state index in [-0.39, 0.29) is 36.5 Å². The van der Waals surface area contributed by atoms with Crippen LogP contribution in [0.1, 0.15) is 24.2 Å². The second-order valence-electron chi connectivity index (χ2n) is 6.43. The summed E-state index contributed by atoms with van der Waals surface area (Å²) in [5.74, 6) is -0.293. The highest BCUT2D eigenvalue weighted by molar-refractivity contribution is 14.1. The maximum atomic E-state index is 13.2. The molecule has 1 aromatic heterocycles. The number of halogens is 1. The van der Waals surface area contributed by atoms with E-state index in [0.717, 1.165) is 3.57 Å². The number of hydrogen-bond donors (Lipinski definition) is 2. The summed E-state index contributed by atoms with van der Waals surface area (Å²) >= 11 is 2.06. The lowest BCUT2D eigenvalue weighted by molar-refractivity contribution is 0.0974. The van der Waals surface area contributed by atoms with E-state index in [2.05, 4.69) is 27.6 Å². The lowest BCUT2D eigenvalue weighted by atomic mass is 10.2. The normalized spacial score (nSPS) is 11.0. The number of aromatic amines is 1. The van der Waals surface area contributed by atoms with Crippen LogP contribution in [0.15, 0.2) is 33.9 Å². The standard InChI is InChI=1S/C18H23IN4O4/c1-11(2)10-23-15(20)14(16(24)21-18(23)26)22(8-9-27-3)17(25)12-6-4-5-7-13(12)19/h4-7,11H,8-10,20H2,1-3H3,(H,21,24,26). The average Bonchev–Trinajstić information content (AvgIpc) is 2.61. The van der Waals surface area contributed by atoms with Gasteiger partial charge in [0.05, 0.1) is 12.2 Å². The van der Waals surface area contributed by atoms with Crippen LogP contribution in [0.4, 0.5) is 11.5 Å². The third-order valence-electron chi connectivity index (χ3n) is 3.90. The van der Waals surface area contributed by atoms with Gasteiger partial charge in [-0.25, -0.2) is 4.79 Å². The zero-order valence-corrected chi connectivity index (χ0v) is 17.6. The van der Waals surface area contributed by atoms with Gasteiger partial charge in [-0.2, -0.15) is 0 Å². The number of methoxy groups -OCH3 is 1. The second-order valence-corrected chi connectivity index (χ2v) is 7.59. The SMILES string of the molecule is COCCN(C(=O)c1ccccc1I)c1c(N)n(CC(C)C)c(=O)[nH]c1=O. The van der Waals surface area contributed by atoms with Crippen LogP contribution in [-0.2, 0) is 11.3 Å². The summed E-state index contributed by atoms with van der Waals surface area (Å²) in [6.45, 7) is 4.50. The number of amides is 1. The van der Waals surface area contributed by atoms with Crippen LogP contribution in [-0.4, -0.2) is 35.7 Å². The molecule has 1 amide bonds. The predicted molar refractivity (Wildman–Crippen MR) is 113 cm³/mol. The molecule has 0 radical (unpaired) electrons. The summed E-state index contributed by atoms with van der Waals surface area (Å²) in [6.07, 6.45) is 0. The zero-order valence-electron chi connectivity index (χ0n) is 15.5. The molecule has 9 heteroatoms. The van der Waals surface area contributed by atoms with Gasteiger partial charge in [-0.1, -0.05) is 26.0 Å². The predicted octanol–water partition coefficient (Wildman–Crippen LogP) is 1.67. The minimum atomic E-state index is -0.701. The number of aromatic nitrogens is 2. The lowest BCUT2D eigenvalue weighted by Gasteiger charge is -2.25. The molecule has 0 aliphatic carbocycles. The van der Waals surface area contributed by atoms with Crippen LogP contribution in [0.25, 0.3) is 0 Å². The number of nitrogens with zero attached hydrogens (tertiary/aromatic N) is 2. The number of anilines is 2. The first-order valence-corrected chi connectivity index (χ1v) is 9.53. The Hall–Kier alpha value is -2.14. The molecule has 1 aromatic carbocycles. The average molecular weight is 486 g/mol. The van der Waals surface area contributed by atoms with E-state index in [1.807, 2.05) is 19.9 Å². The number of benzene rings is 1. The van der Waals surface area contributed by atoms with Crippen LogP contribution in [0.2, 0.25) is 0 Å². The summed E-state index contributed by atoms with van der Waals surface area (Å²) in [5.41, 5.74) is 5.27. The molecule has 0 saturated carbocycles. The Morgan fingerprint density at radius 1 is 1.33 bits per heavy atom. The van der Waals surface area contributed by atoms with Gasteiger partial charge in [0.15, 0.2) is 5.69 Å². The number of nitrogen functional groups attached to an aromatic ring is 1. The van der Waals surface area contributed by atoms with Gasteiger partial charge in [0.2, 0.25) is 0 Å². The first kappa shape index (κ1) is 21.2. The Morgan fingerprint density at radius 3 is 2.59 bits per heavy atom. The maximum Gasteiger partial charge on any atom is 0.330 e. The molecule has 2 aromatic rings. The van der Waals surface area contributed by atoms with Crippen LogP contribution in [0.5, 0.6) is 0 Å². The van der Waals surface area contributed by atoms with Crippen molar-refractivity contribution in [1.82, 2.24) is 9.55 Å². The van der Waals surface area contributed by atoms with E-state index in [1.54, 1.807) is 18.2 Å². The second kappa shape index (κ2) is 9.18. The van der Waals surface area contributed by atoms with Crippen molar-refractivity contribution in [2.75, 3.05) is 30.9 Å². The molecule has 0 saturated heterocycles. The molecule has 0 aliphatic rings. The van der Waals surface area contributed by atoms with Crippen LogP contribution >= 0.6 is 22.6 Å². The Kier molecular flexibility index (Phi) is 7.19. The quantitative estimate of drug-likeness (QED) is 0.579. The monoisotopic (exact) mass is 486 g/mol. The third kappa shape index (κ3) is 4.78. The fraction of sp³-hybridized carbons (Fsp3) is 0.389. The van der Waals surface area contributed by atoms with Crippen molar-refractivity contribution < 1.29 is 9.53 Å². The summed E-state index contributed by atoms with van der Waals surface area (Å²) in [6, 6.07) is 7.05. The molecule has 2 rings (SSSR count). The van der Waals surface area contributed by atoms with Crippen LogP contribution < -0.4 is 21.9 Å². The fourth-order valence-corrected chi connectivity index (χ4v) is 3.28. The van der Waals surface area contributed by atoms with Crippen LogP contribution in [0, 0.1) is 9.49 Å². The fourth-order valence-electron chi connectivity index (χ4n) is 2.66. The first-order valence-electron chi connectivity index (χ1n) is 8.45. The topological polar surface area (TPSA) is 110 Å². The molecule has 27 heavy (non-hydrogen) atoms. The number of nitrogens with two attached hydrogens (primary N) is 1. The smallest absolute Gasteiger partial charge is 0.330 e. The van der Waals surface area contributed by atoms with E-state index in [9.17, 15) is 14.4 Å². The van der Waals surface area contributed by atoms with Gasteiger partial charge in [-0.3, -0.25) is 24.0 Å². The number of hydrogen-bond acceptors (Lipinski definition) is 5. The van der Waals surface area contributed by atoms with Crippen molar-refractivity contribution in [2.45, 2.75) is 20.4 Å². The van der Waals surface area contributed by atoms with Crippen molar-refractivity contribution in [3.8, 4) is 0 Å². The highest BCUT2D eigenvalue weighted by Gasteiger charge is 2.26. The van der Waals surface area contributed by atoms with Gasteiger partial charge in [0.25, 0.3) is 11.5 Å². The molecule has 8 nitrogen and oxygen atoms in total. The highest BCUT2D eigenvalue weighted by atomic mass is 127. The molecule has 0 bridgehead atoms. The number of ether oxygens (including phenoxy) is 1. The minimum absolute atomic E-state index is 0.0344. The number of carbonyl (C=O) groups excluding carboxylic acids is 1. The zero-order chi connectivity index (χ0) is 20.1. The largest absolute Gasteiger partial charge is 0.383 e. The van der Waals surface area contributed by atoms with Crippen LogP contribution in [0.3, 0.4) is 0 Å². The summed E-state index contributed by atoms with van der Waals surface area (Å²) in [7, 11) is 1.50. The Morgan fingerprint density at radius 2 is 2.00 bits per heavy atom. The molecule has 0 atom stereocenters. The summed E-state index contributed by atoms with van der Waals surface area (Å²) in [4.78, 5) is 41.4. The van der Waals surface area contributed by atoms with Gasteiger partial charge in [-0.05, 0) is 40.6 Å². The van der Waals surface area contributed by atoms with E-state index in [1.165, 1.54) is 16.6 Å². The van der Waals surface area contributed by atoms with E-state index in [4.69, 9.17) is 10.5 Å². The van der Waals surface area contributed by atoms with Crippen molar-refractivity contribution >= 4 is 40.0 Å². The van der Waals surface area contributed by atoms with Gasteiger partial charge < -0.3 is 10.5 Å². The Bertz CT molecular complexity index is 936. The molecule has 0 spiro atoms. The number of rotatable bonds is 7. The van der Waals surface area contributed by atoms with Gasteiger partial charge in [0, 0.05) is 23.8 Å². The molecule has 0 aliphatic heterocycles. The molecule has 3 N–H and O–H groups in total. The Balaban J connectivity index is 2.63. The van der Waals surface area contributed by atoms with Gasteiger partial charge in [0.1, 0.15) is 5.82 Å². The molecular weight excluding hydrogens is 463 g/mol. The van der Waals surface area contributed by atoms with Crippen molar-refractivity contribution in [3.63, 3.8) is 0 Å². The van der Waals surface area contributed by atoms with E-state index < -0.39 is 11.2 Å². The van der Waals surface area contributed by atoms with Crippen molar-refractivity contribution in [1.29, 1.82) is 0 Å². The molecule has 1 heterocycles. The van der Waals surface area contributed by atoms with Crippen molar-refractivity contribution in [2.24, 2.45) is 5.92 Å². The summed E-state index contributed by atoms with van der Waals surface area (Å²) in [5, 5.41) is 0. The maximum absolute atomic E-state index is 13.2. The molecule has 0 fully saturated rings. The van der Waals surface area contributed by atoms with Gasteiger partial charge >= 0.3 is 5.69 Å². The lowest BCUT2D eigenvalue weighted by Crippen LogP contribution is -2.43. The van der Waals surface area contributed by atoms with Gasteiger partial charge in [-0.15, -0.1) is 0 Å². The highest BCUT2D eigenvalue weighted by Crippen LogP contribution is 2.22. The number of nitrogens with one attached hydrogen (secondary N) is 1.